The fourth-order valence-corrected chi connectivity index (χ4v) is 1.54. The van der Waals surface area contributed by atoms with E-state index >= 15 is 0 Å². The molecule has 0 atom stereocenters. The topological polar surface area (TPSA) is 78.8 Å². The van der Waals surface area contributed by atoms with E-state index in [1.807, 2.05) is 0 Å². The lowest BCUT2D eigenvalue weighted by molar-refractivity contribution is 0.0920. The number of phenolic OH excluding ortho intramolecular Hbond substituents is 2. The van der Waals surface area contributed by atoms with Crippen molar-refractivity contribution < 1.29 is 19.7 Å². The van der Waals surface area contributed by atoms with Gasteiger partial charge in [-0.15, -0.1) is 0 Å². The van der Waals surface area contributed by atoms with Crippen molar-refractivity contribution in [2.75, 3.05) is 19.8 Å². The summed E-state index contributed by atoms with van der Waals surface area (Å²) in [4.78, 5) is 11.8. The molecule has 5 nitrogen and oxygen atoms in total. The van der Waals surface area contributed by atoms with Gasteiger partial charge in [0.05, 0.1) is 0 Å². The molecule has 1 rings (SSSR count). The number of hydrogen-bond donors (Lipinski definition) is 3. The minimum absolute atomic E-state index is 0.0920. The standard InChI is InChI=1S/C14H21NO4/c1-10(2)9-19-8-4-7-15-14(18)13-11(16)5-3-6-12(13)17/h3,5-6,10,16-17H,4,7-9H2,1-2H3,(H,15,18). The summed E-state index contributed by atoms with van der Waals surface area (Å²) in [5, 5.41) is 21.7. The molecule has 1 aromatic carbocycles. The van der Waals surface area contributed by atoms with Gasteiger partial charge in [0.25, 0.3) is 5.91 Å². The summed E-state index contributed by atoms with van der Waals surface area (Å²) in [6.45, 7) is 5.86. The fourth-order valence-electron chi connectivity index (χ4n) is 1.54. The van der Waals surface area contributed by atoms with Gasteiger partial charge in [0.2, 0.25) is 0 Å². The molecule has 0 fully saturated rings. The summed E-state index contributed by atoms with van der Waals surface area (Å²) in [6.07, 6.45) is 0.687. The molecular formula is C14H21NO4. The van der Waals surface area contributed by atoms with Crippen LogP contribution in [0, 0.1) is 5.92 Å². The summed E-state index contributed by atoms with van der Waals surface area (Å²) in [7, 11) is 0. The van der Waals surface area contributed by atoms with Crippen molar-refractivity contribution in [3.05, 3.63) is 23.8 Å². The number of benzene rings is 1. The lowest BCUT2D eigenvalue weighted by Gasteiger charge is -2.09. The number of phenols is 2. The van der Waals surface area contributed by atoms with Gasteiger partial charge in [0.1, 0.15) is 17.1 Å². The minimum atomic E-state index is -0.487. The average Bonchev–Trinajstić information content (AvgIpc) is 2.33. The van der Waals surface area contributed by atoms with E-state index in [4.69, 9.17) is 4.74 Å². The first-order valence-electron chi connectivity index (χ1n) is 6.39. The van der Waals surface area contributed by atoms with Crippen LogP contribution < -0.4 is 5.32 Å². The molecule has 0 aliphatic rings. The van der Waals surface area contributed by atoms with E-state index in [0.29, 0.717) is 32.1 Å². The van der Waals surface area contributed by atoms with Crippen LogP contribution in [0.2, 0.25) is 0 Å². The van der Waals surface area contributed by atoms with Gasteiger partial charge in [-0.25, -0.2) is 0 Å². The van der Waals surface area contributed by atoms with E-state index in [0.717, 1.165) is 0 Å². The number of hydrogen-bond acceptors (Lipinski definition) is 4. The highest BCUT2D eigenvalue weighted by Gasteiger charge is 2.14. The highest BCUT2D eigenvalue weighted by molar-refractivity contribution is 5.99. The number of rotatable bonds is 7. The second-order valence-corrected chi connectivity index (χ2v) is 4.75. The van der Waals surface area contributed by atoms with Crippen LogP contribution >= 0.6 is 0 Å². The minimum Gasteiger partial charge on any atom is -0.507 e. The lowest BCUT2D eigenvalue weighted by atomic mass is 10.1. The highest BCUT2D eigenvalue weighted by atomic mass is 16.5. The maximum atomic E-state index is 11.8. The molecule has 0 bridgehead atoms. The monoisotopic (exact) mass is 267 g/mol. The SMILES string of the molecule is CC(C)COCCCNC(=O)c1c(O)cccc1O. The molecule has 106 valence electrons. The lowest BCUT2D eigenvalue weighted by Crippen LogP contribution is -2.25. The molecule has 1 amide bonds. The van der Waals surface area contributed by atoms with Crippen molar-refractivity contribution in [1.82, 2.24) is 5.32 Å². The summed E-state index contributed by atoms with van der Waals surface area (Å²) >= 11 is 0. The Morgan fingerprint density at radius 1 is 1.32 bits per heavy atom. The van der Waals surface area contributed by atoms with Crippen molar-refractivity contribution in [2.24, 2.45) is 5.92 Å². The molecule has 1 aromatic rings. The molecule has 3 N–H and O–H groups in total. The molecular weight excluding hydrogens is 246 g/mol. The smallest absolute Gasteiger partial charge is 0.258 e. The van der Waals surface area contributed by atoms with Crippen molar-refractivity contribution in [3.8, 4) is 11.5 Å². The molecule has 0 saturated carbocycles. The molecule has 0 radical (unpaired) electrons. The molecule has 0 aliphatic heterocycles. The zero-order valence-electron chi connectivity index (χ0n) is 11.3. The van der Waals surface area contributed by atoms with Gasteiger partial charge in [-0.3, -0.25) is 4.79 Å². The maximum absolute atomic E-state index is 11.8. The van der Waals surface area contributed by atoms with Crippen LogP contribution in [0.4, 0.5) is 0 Å². The van der Waals surface area contributed by atoms with Gasteiger partial charge >= 0.3 is 0 Å². The van der Waals surface area contributed by atoms with Crippen LogP contribution in [0.1, 0.15) is 30.6 Å². The normalized spacial score (nSPS) is 10.7. The van der Waals surface area contributed by atoms with Crippen molar-refractivity contribution >= 4 is 5.91 Å². The molecule has 0 spiro atoms. The Bertz CT molecular complexity index is 398. The van der Waals surface area contributed by atoms with Crippen LogP contribution in [0.5, 0.6) is 11.5 Å². The molecule has 0 saturated heterocycles. The first-order chi connectivity index (χ1) is 9.02. The van der Waals surface area contributed by atoms with Crippen molar-refractivity contribution in [3.63, 3.8) is 0 Å². The predicted molar refractivity (Wildman–Crippen MR) is 72.4 cm³/mol. The summed E-state index contributed by atoms with van der Waals surface area (Å²) in [5.41, 5.74) is -0.0920. The molecule has 0 unspecified atom stereocenters. The van der Waals surface area contributed by atoms with Crippen LogP contribution in [-0.2, 0) is 4.74 Å². The second kappa shape index (κ2) is 7.63. The van der Waals surface area contributed by atoms with Crippen LogP contribution in [0.15, 0.2) is 18.2 Å². The molecule has 0 aliphatic carbocycles. The maximum Gasteiger partial charge on any atom is 0.258 e. The first-order valence-corrected chi connectivity index (χ1v) is 6.39. The average molecular weight is 267 g/mol. The Hall–Kier alpha value is -1.75. The van der Waals surface area contributed by atoms with Crippen LogP contribution in [0.3, 0.4) is 0 Å². The number of nitrogens with one attached hydrogen (secondary N) is 1. The Morgan fingerprint density at radius 2 is 1.95 bits per heavy atom. The third-order valence-corrected chi connectivity index (χ3v) is 2.45. The second-order valence-electron chi connectivity index (χ2n) is 4.75. The van der Waals surface area contributed by atoms with Gasteiger partial charge in [0.15, 0.2) is 0 Å². The molecule has 0 aromatic heterocycles. The number of aromatic hydroxyl groups is 2. The molecule has 5 heteroatoms. The summed E-state index contributed by atoms with van der Waals surface area (Å²) in [5.74, 6) is -0.450. The number of amides is 1. The molecule has 19 heavy (non-hydrogen) atoms. The van der Waals surface area contributed by atoms with Crippen LogP contribution in [0.25, 0.3) is 0 Å². The quantitative estimate of drug-likeness (QED) is 0.659. The fraction of sp³-hybridized carbons (Fsp3) is 0.500. The van der Waals surface area contributed by atoms with E-state index in [2.05, 4.69) is 19.2 Å². The largest absolute Gasteiger partial charge is 0.507 e. The Morgan fingerprint density at radius 3 is 2.53 bits per heavy atom. The van der Waals surface area contributed by atoms with Gasteiger partial charge in [0, 0.05) is 19.8 Å². The van der Waals surface area contributed by atoms with Crippen molar-refractivity contribution in [1.29, 1.82) is 0 Å². The summed E-state index contributed by atoms with van der Waals surface area (Å²) in [6, 6.07) is 4.20. The van der Waals surface area contributed by atoms with E-state index in [1.165, 1.54) is 18.2 Å². The zero-order valence-corrected chi connectivity index (χ0v) is 11.3. The first kappa shape index (κ1) is 15.3. The van der Waals surface area contributed by atoms with Gasteiger partial charge < -0.3 is 20.3 Å². The van der Waals surface area contributed by atoms with E-state index in [-0.39, 0.29) is 17.1 Å². The van der Waals surface area contributed by atoms with E-state index in [1.54, 1.807) is 0 Å². The molecule has 0 heterocycles. The van der Waals surface area contributed by atoms with Crippen molar-refractivity contribution in [2.45, 2.75) is 20.3 Å². The van der Waals surface area contributed by atoms with Gasteiger partial charge in [-0.2, -0.15) is 0 Å². The number of carbonyl (C=O) groups is 1. The Balaban J connectivity index is 2.32. The third kappa shape index (κ3) is 5.18. The predicted octanol–water partition coefficient (Wildman–Crippen LogP) is 1.89. The van der Waals surface area contributed by atoms with E-state index < -0.39 is 5.91 Å². The highest BCUT2D eigenvalue weighted by Crippen LogP contribution is 2.25. The van der Waals surface area contributed by atoms with Gasteiger partial charge in [-0.05, 0) is 24.5 Å². The Labute approximate surface area is 113 Å². The number of carbonyl (C=O) groups excluding carboxylic acids is 1. The van der Waals surface area contributed by atoms with E-state index in [9.17, 15) is 15.0 Å². The Kier molecular flexibility index (Phi) is 6.15. The van der Waals surface area contributed by atoms with Crippen LogP contribution in [-0.4, -0.2) is 35.9 Å². The summed E-state index contributed by atoms with van der Waals surface area (Å²) < 4.78 is 5.38. The zero-order chi connectivity index (χ0) is 14.3. The third-order valence-electron chi connectivity index (χ3n) is 2.45. The van der Waals surface area contributed by atoms with Gasteiger partial charge in [-0.1, -0.05) is 19.9 Å². The number of ether oxygens (including phenoxy) is 1.